The molecule has 4 saturated carbocycles. The van der Waals surface area contributed by atoms with Crippen LogP contribution in [0.1, 0.15) is 65.2 Å². The first-order valence-corrected chi connectivity index (χ1v) is 8.82. The molecule has 5 fully saturated rings. The first-order chi connectivity index (χ1) is 9.79. The molecule has 1 saturated heterocycles. The van der Waals surface area contributed by atoms with E-state index in [1.54, 1.807) is 0 Å². The molecule has 0 radical (unpaired) electrons. The van der Waals surface area contributed by atoms with Gasteiger partial charge in [0.15, 0.2) is 0 Å². The number of carbonyl (C=O) groups is 1. The van der Waals surface area contributed by atoms with Crippen LogP contribution in [0, 0.1) is 22.2 Å². The Labute approximate surface area is 128 Å². The molecule has 1 aliphatic heterocycles. The van der Waals surface area contributed by atoms with Gasteiger partial charge in [-0.05, 0) is 67.1 Å². The molecule has 0 aromatic heterocycles. The average Bonchev–Trinajstić information content (AvgIpc) is 2.70. The molecule has 2 unspecified atom stereocenters. The molecular weight excluding hydrogens is 260 g/mol. The van der Waals surface area contributed by atoms with Crippen LogP contribution in [0.4, 0.5) is 0 Å². The number of nitrogens with zero attached hydrogens (tertiary/aromatic N) is 1. The Morgan fingerprint density at radius 2 is 1.81 bits per heavy atom. The maximum atomic E-state index is 12.8. The smallest absolute Gasteiger partial charge is 0.223 e. The molecule has 0 aromatic rings. The van der Waals surface area contributed by atoms with Gasteiger partial charge >= 0.3 is 0 Å². The Kier molecular flexibility index (Phi) is 2.84. The van der Waals surface area contributed by atoms with Gasteiger partial charge in [0, 0.05) is 25.6 Å². The molecule has 1 amide bonds. The van der Waals surface area contributed by atoms with Gasteiger partial charge < -0.3 is 10.6 Å². The minimum absolute atomic E-state index is 0.209. The molecule has 5 aliphatic rings. The van der Waals surface area contributed by atoms with Crippen molar-refractivity contribution in [2.45, 2.75) is 71.3 Å². The van der Waals surface area contributed by atoms with E-state index in [4.69, 9.17) is 5.73 Å². The summed E-state index contributed by atoms with van der Waals surface area (Å²) >= 11 is 0. The number of hydrogen-bond donors (Lipinski definition) is 1. The van der Waals surface area contributed by atoms with Crippen molar-refractivity contribution in [1.29, 1.82) is 0 Å². The molecular formula is C18H30N2O. The Balaban J connectivity index is 1.53. The van der Waals surface area contributed by atoms with Crippen molar-refractivity contribution in [2.24, 2.45) is 27.9 Å². The van der Waals surface area contributed by atoms with Crippen molar-refractivity contribution in [2.75, 3.05) is 13.1 Å². The molecule has 118 valence electrons. The second-order valence-corrected chi connectivity index (χ2v) is 9.70. The fraction of sp³-hybridized carbons (Fsp3) is 0.944. The first kappa shape index (κ1) is 14.0. The van der Waals surface area contributed by atoms with Gasteiger partial charge in [-0.3, -0.25) is 4.79 Å². The Morgan fingerprint density at radius 3 is 2.33 bits per heavy atom. The largest absolute Gasteiger partial charge is 0.341 e. The van der Waals surface area contributed by atoms with Crippen LogP contribution in [-0.2, 0) is 4.79 Å². The van der Waals surface area contributed by atoms with Gasteiger partial charge in [0.2, 0.25) is 5.91 Å². The second kappa shape index (κ2) is 4.24. The highest BCUT2D eigenvalue weighted by Crippen LogP contribution is 2.70. The lowest BCUT2D eigenvalue weighted by molar-refractivity contribution is -0.160. The van der Waals surface area contributed by atoms with Crippen LogP contribution in [0.5, 0.6) is 0 Å². The van der Waals surface area contributed by atoms with Gasteiger partial charge in [0.05, 0.1) is 0 Å². The van der Waals surface area contributed by atoms with Gasteiger partial charge in [-0.2, -0.15) is 0 Å². The Bertz CT molecular complexity index is 456. The molecule has 3 atom stereocenters. The first-order valence-electron chi connectivity index (χ1n) is 8.82. The van der Waals surface area contributed by atoms with Crippen LogP contribution in [0.2, 0.25) is 0 Å². The summed E-state index contributed by atoms with van der Waals surface area (Å²) in [6.45, 7) is 6.64. The highest BCUT2D eigenvalue weighted by molar-refractivity contribution is 5.77. The number of nitrogens with two attached hydrogens (primary N) is 1. The van der Waals surface area contributed by atoms with Gasteiger partial charge in [-0.15, -0.1) is 0 Å². The van der Waals surface area contributed by atoms with Crippen molar-refractivity contribution in [1.82, 2.24) is 4.90 Å². The molecule has 1 heterocycles. The molecule has 3 heteroatoms. The highest BCUT2D eigenvalue weighted by Gasteiger charge is 2.60. The number of carbonyl (C=O) groups excluding carboxylic acids is 1. The topological polar surface area (TPSA) is 46.3 Å². The summed E-state index contributed by atoms with van der Waals surface area (Å²) in [7, 11) is 0. The third kappa shape index (κ3) is 2.32. The predicted octanol–water partition coefficient (Wildman–Crippen LogP) is 2.93. The molecule has 21 heavy (non-hydrogen) atoms. The van der Waals surface area contributed by atoms with Crippen LogP contribution in [0.3, 0.4) is 0 Å². The van der Waals surface area contributed by atoms with E-state index < -0.39 is 0 Å². The summed E-state index contributed by atoms with van der Waals surface area (Å²) in [6.07, 6.45) is 9.87. The highest BCUT2D eigenvalue weighted by atomic mass is 16.2. The lowest BCUT2D eigenvalue weighted by Crippen LogP contribution is -2.56. The monoisotopic (exact) mass is 290 g/mol. The van der Waals surface area contributed by atoms with Crippen LogP contribution in [0.15, 0.2) is 0 Å². The Hall–Kier alpha value is -0.570. The number of hydrogen-bond acceptors (Lipinski definition) is 2. The van der Waals surface area contributed by atoms with E-state index in [9.17, 15) is 4.79 Å². The van der Waals surface area contributed by atoms with Gasteiger partial charge in [-0.1, -0.05) is 13.8 Å². The second-order valence-electron chi connectivity index (χ2n) is 9.70. The molecule has 0 aromatic carbocycles. The van der Waals surface area contributed by atoms with Crippen molar-refractivity contribution in [3.05, 3.63) is 0 Å². The van der Waals surface area contributed by atoms with E-state index in [0.29, 0.717) is 22.2 Å². The standard InChI is InChI=1S/C18H30N2O/c1-16-5-13-6-17(2,10-16)12-18(7-13,11-16)8-15(21)20-4-3-14(19)9-20/h13-14H,3-12,19H2,1-2H3/t13?,14-,16?,17?,18?/m1/s1. The quantitative estimate of drug-likeness (QED) is 0.850. The minimum atomic E-state index is 0.209. The minimum Gasteiger partial charge on any atom is -0.341 e. The molecule has 3 nitrogen and oxygen atoms in total. The summed E-state index contributed by atoms with van der Waals surface area (Å²) in [6, 6.07) is 0.209. The van der Waals surface area contributed by atoms with E-state index in [1.807, 2.05) is 4.90 Å². The summed E-state index contributed by atoms with van der Waals surface area (Å²) < 4.78 is 0. The van der Waals surface area contributed by atoms with Crippen LogP contribution in [-0.4, -0.2) is 29.9 Å². The maximum Gasteiger partial charge on any atom is 0.223 e. The summed E-state index contributed by atoms with van der Waals surface area (Å²) in [4.78, 5) is 14.8. The van der Waals surface area contributed by atoms with E-state index in [2.05, 4.69) is 13.8 Å². The molecule has 0 spiro atoms. The van der Waals surface area contributed by atoms with Crippen molar-refractivity contribution in [3.8, 4) is 0 Å². The third-order valence-electron chi connectivity index (χ3n) is 6.85. The van der Waals surface area contributed by atoms with Crippen LogP contribution in [0.25, 0.3) is 0 Å². The number of amides is 1. The normalized spacial score (nSPS) is 51.7. The molecule has 5 rings (SSSR count). The zero-order valence-electron chi connectivity index (χ0n) is 13.7. The number of rotatable bonds is 2. The molecule has 4 aliphatic carbocycles. The zero-order valence-corrected chi connectivity index (χ0v) is 13.7. The Morgan fingerprint density at radius 1 is 1.14 bits per heavy atom. The summed E-state index contributed by atoms with van der Waals surface area (Å²) in [5.74, 6) is 1.27. The fourth-order valence-corrected chi connectivity index (χ4v) is 7.33. The lowest BCUT2D eigenvalue weighted by Gasteiger charge is -2.65. The third-order valence-corrected chi connectivity index (χ3v) is 6.85. The zero-order chi connectivity index (χ0) is 14.9. The summed E-state index contributed by atoms with van der Waals surface area (Å²) in [5.41, 5.74) is 7.30. The van der Waals surface area contributed by atoms with Crippen molar-refractivity contribution in [3.63, 3.8) is 0 Å². The van der Waals surface area contributed by atoms with Crippen molar-refractivity contribution < 1.29 is 4.79 Å². The fourth-order valence-electron chi connectivity index (χ4n) is 7.33. The van der Waals surface area contributed by atoms with E-state index in [1.165, 1.54) is 38.5 Å². The average molecular weight is 290 g/mol. The summed E-state index contributed by atoms with van der Waals surface area (Å²) in [5, 5.41) is 0. The van der Waals surface area contributed by atoms with Crippen LogP contribution >= 0.6 is 0 Å². The van der Waals surface area contributed by atoms with Gasteiger partial charge in [0.1, 0.15) is 0 Å². The predicted molar refractivity (Wildman–Crippen MR) is 83.6 cm³/mol. The molecule has 2 N–H and O–H groups in total. The SMILES string of the molecule is CC12CC3CC(C)(C1)CC(CC(=O)N1CC[C@@H](N)C1)(C3)C2. The van der Waals surface area contributed by atoms with Gasteiger partial charge in [-0.25, -0.2) is 0 Å². The van der Waals surface area contributed by atoms with Gasteiger partial charge in [0.25, 0.3) is 0 Å². The van der Waals surface area contributed by atoms with E-state index in [0.717, 1.165) is 31.8 Å². The molecule has 4 bridgehead atoms. The van der Waals surface area contributed by atoms with E-state index >= 15 is 0 Å². The van der Waals surface area contributed by atoms with E-state index in [-0.39, 0.29) is 6.04 Å². The van der Waals surface area contributed by atoms with Crippen molar-refractivity contribution >= 4 is 5.91 Å². The number of likely N-dealkylation sites (tertiary alicyclic amines) is 1. The maximum absolute atomic E-state index is 12.8. The lowest BCUT2D eigenvalue weighted by atomic mass is 9.40. The van der Waals surface area contributed by atoms with Crippen LogP contribution < -0.4 is 5.73 Å².